The van der Waals surface area contributed by atoms with Gasteiger partial charge in [0.2, 0.25) is 0 Å². The predicted molar refractivity (Wildman–Crippen MR) is 112 cm³/mol. The minimum Gasteiger partial charge on any atom is -0.303 e. The minimum absolute atomic E-state index is 0.141. The van der Waals surface area contributed by atoms with Gasteiger partial charge in [-0.25, -0.2) is 0 Å². The molecule has 1 aliphatic rings. The number of rotatable bonds is 5. The van der Waals surface area contributed by atoms with Crippen LogP contribution in [-0.4, -0.2) is 30.1 Å². The van der Waals surface area contributed by atoms with E-state index in [1.54, 1.807) is 0 Å². The molecule has 2 aromatic rings. The predicted octanol–water partition coefficient (Wildman–Crippen LogP) is 5.93. The Morgan fingerprint density at radius 1 is 0.962 bits per heavy atom. The van der Waals surface area contributed by atoms with Crippen molar-refractivity contribution in [2.24, 2.45) is 0 Å². The van der Waals surface area contributed by atoms with Gasteiger partial charge in [-0.1, -0.05) is 54.4 Å². The van der Waals surface area contributed by atoms with E-state index in [2.05, 4.69) is 55.4 Å². The summed E-state index contributed by atoms with van der Waals surface area (Å²) < 4.78 is 0. The molecule has 3 atom stereocenters. The summed E-state index contributed by atoms with van der Waals surface area (Å²) in [5, 5.41) is 5.46. The molecule has 26 heavy (non-hydrogen) atoms. The quantitative estimate of drug-likeness (QED) is 0.679. The van der Waals surface area contributed by atoms with Crippen molar-refractivity contribution in [3.63, 3.8) is 0 Å². The first-order valence-corrected chi connectivity index (χ1v) is 10.2. The molecule has 0 aromatic heterocycles. The Morgan fingerprint density at radius 3 is 1.92 bits per heavy atom. The highest BCUT2D eigenvalue weighted by Gasteiger charge is 2.31. The van der Waals surface area contributed by atoms with Crippen molar-refractivity contribution in [2.75, 3.05) is 7.05 Å². The fourth-order valence-electron chi connectivity index (χ4n) is 4.05. The van der Waals surface area contributed by atoms with Crippen LogP contribution in [0.4, 0.5) is 0 Å². The molecule has 1 saturated heterocycles. The van der Waals surface area contributed by atoms with Crippen molar-refractivity contribution >= 4 is 23.2 Å². The topological polar surface area (TPSA) is 15.3 Å². The van der Waals surface area contributed by atoms with Crippen LogP contribution < -0.4 is 5.32 Å². The van der Waals surface area contributed by atoms with E-state index in [1.165, 1.54) is 24.0 Å². The molecular formula is C22H28Cl2N2. The molecule has 0 saturated carbocycles. The molecule has 1 N–H and O–H groups in total. The molecule has 0 bridgehead atoms. The summed E-state index contributed by atoms with van der Waals surface area (Å²) >= 11 is 12.2. The van der Waals surface area contributed by atoms with Crippen LogP contribution in [0.25, 0.3) is 0 Å². The second-order valence-electron chi connectivity index (χ2n) is 7.45. The van der Waals surface area contributed by atoms with E-state index in [-0.39, 0.29) is 6.04 Å². The van der Waals surface area contributed by atoms with Gasteiger partial charge < -0.3 is 10.2 Å². The number of nitrogens with zero attached hydrogens (tertiary/aromatic N) is 1. The Balaban J connectivity index is 1.86. The maximum Gasteiger partial charge on any atom is 0.0578 e. The fraction of sp³-hybridized carbons (Fsp3) is 0.455. The summed E-state index contributed by atoms with van der Waals surface area (Å²) in [5.74, 6) is 0. The van der Waals surface area contributed by atoms with Gasteiger partial charge >= 0.3 is 0 Å². The lowest BCUT2D eigenvalue weighted by Crippen LogP contribution is -2.51. The maximum atomic E-state index is 6.10. The third-order valence-corrected chi connectivity index (χ3v) is 6.24. The van der Waals surface area contributed by atoms with Gasteiger partial charge in [0.1, 0.15) is 0 Å². The van der Waals surface area contributed by atoms with Gasteiger partial charge in [-0.2, -0.15) is 0 Å². The second kappa shape index (κ2) is 8.75. The fourth-order valence-corrected chi connectivity index (χ4v) is 4.30. The van der Waals surface area contributed by atoms with Crippen molar-refractivity contribution in [1.29, 1.82) is 0 Å². The van der Waals surface area contributed by atoms with E-state index in [4.69, 9.17) is 23.2 Å². The largest absolute Gasteiger partial charge is 0.303 e. The Morgan fingerprint density at radius 2 is 1.46 bits per heavy atom. The minimum atomic E-state index is 0.141. The molecule has 2 aromatic carbocycles. The van der Waals surface area contributed by atoms with Crippen molar-refractivity contribution < 1.29 is 0 Å². The van der Waals surface area contributed by atoms with Crippen LogP contribution in [0.1, 0.15) is 50.3 Å². The van der Waals surface area contributed by atoms with E-state index in [0.29, 0.717) is 18.1 Å². The molecule has 0 aliphatic carbocycles. The average molecular weight is 391 g/mol. The maximum absolute atomic E-state index is 6.10. The SMILES string of the molecule is CCC1C[C@H](NC(c2ccc(Cl)cc2)c2ccc(Cl)cc2)CC(C)N1C. The summed E-state index contributed by atoms with van der Waals surface area (Å²) in [5.41, 5.74) is 2.47. The Kier molecular flexibility index (Phi) is 6.63. The lowest BCUT2D eigenvalue weighted by Gasteiger charge is -2.43. The van der Waals surface area contributed by atoms with Crippen LogP contribution in [0.5, 0.6) is 0 Å². The molecule has 1 heterocycles. The van der Waals surface area contributed by atoms with Gasteiger partial charge in [0.05, 0.1) is 6.04 Å². The van der Waals surface area contributed by atoms with Crippen molar-refractivity contribution in [2.45, 2.75) is 57.3 Å². The zero-order chi connectivity index (χ0) is 18.7. The summed E-state index contributed by atoms with van der Waals surface area (Å²) in [6, 6.07) is 18.2. The van der Waals surface area contributed by atoms with Gasteiger partial charge in [-0.15, -0.1) is 0 Å². The Labute approximate surface area is 167 Å². The molecule has 3 rings (SSSR count). The average Bonchev–Trinajstić information content (AvgIpc) is 2.64. The summed E-state index contributed by atoms with van der Waals surface area (Å²) in [6.45, 7) is 4.61. The van der Waals surface area contributed by atoms with Gasteiger partial charge in [-0.3, -0.25) is 0 Å². The number of hydrogen-bond donors (Lipinski definition) is 1. The summed E-state index contributed by atoms with van der Waals surface area (Å²) in [7, 11) is 2.25. The van der Waals surface area contributed by atoms with Crippen LogP contribution in [-0.2, 0) is 0 Å². The third-order valence-electron chi connectivity index (χ3n) is 5.73. The number of piperidine rings is 1. The molecule has 4 heteroatoms. The number of halogens is 2. The summed E-state index contributed by atoms with van der Waals surface area (Å²) in [6.07, 6.45) is 3.52. The van der Waals surface area contributed by atoms with E-state index in [9.17, 15) is 0 Å². The first kappa shape index (κ1) is 19.7. The molecule has 1 fully saturated rings. The van der Waals surface area contributed by atoms with Crippen molar-refractivity contribution in [3.8, 4) is 0 Å². The molecule has 1 aliphatic heterocycles. The smallest absolute Gasteiger partial charge is 0.0578 e. The number of hydrogen-bond acceptors (Lipinski definition) is 2. The first-order valence-electron chi connectivity index (χ1n) is 9.46. The standard InChI is InChI=1S/C22H28Cl2N2/c1-4-21-14-20(13-15(2)26(21)3)25-22(16-5-9-18(23)10-6-16)17-7-11-19(24)12-8-17/h5-12,15,20-22,25H,4,13-14H2,1-3H3/t15?,20-,21?/m1/s1. The first-order chi connectivity index (χ1) is 12.5. The number of nitrogens with one attached hydrogen (secondary N) is 1. The zero-order valence-electron chi connectivity index (χ0n) is 15.8. The van der Waals surface area contributed by atoms with Crippen LogP contribution in [0.2, 0.25) is 10.0 Å². The van der Waals surface area contributed by atoms with Crippen molar-refractivity contribution in [3.05, 3.63) is 69.7 Å². The Bertz CT molecular complexity index is 654. The van der Waals surface area contributed by atoms with Crippen LogP contribution in [0, 0.1) is 0 Å². The second-order valence-corrected chi connectivity index (χ2v) is 8.32. The van der Waals surface area contributed by atoms with Gasteiger partial charge in [-0.05, 0) is 68.6 Å². The van der Waals surface area contributed by atoms with E-state index in [0.717, 1.165) is 16.5 Å². The molecule has 0 amide bonds. The van der Waals surface area contributed by atoms with E-state index in [1.807, 2.05) is 24.3 Å². The van der Waals surface area contributed by atoms with E-state index < -0.39 is 0 Å². The lowest BCUT2D eigenvalue weighted by atomic mass is 9.89. The highest BCUT2D eigenvalue weighted by Crippen LogP contribution is 2.30. The molecule has 0 spiro atoms. The number of benzene rings is 2. The van der Waals surface area contributed by atoms with Crippen LogP contribution >= 0.6 is 23.2 Å². The van der Waals surface area contributed by atoms with Gasteiger partial charge in [0.15, 0.2) is 0 Å². The van der Waals surface area contributed by atoms with Crippen LogP contribution in [0.3, 0.4) is 0 Å². The lowest BCUT2D eigenvalue weighted by molar-refractivity contribution is 0.0961. The normalized spacial score (nSPS) is 24.2. The zero-order valence-corrected chi connectivity index (χ0v) is 17.3. The molecular weight excluding hydrogens is 363 g/mol. The van der Waals surface area contributed by atoms with Crippen molar-refractivity contribution in [1.82, 2.24) is 10.2 Å². The number of likely N-dealkylation sites (tertiary alicyclic amines) is 1. The van der Waals surface area contributed by atoms with E-state index >= 15 is 0 Å². The highest BCUT2D eigenvalue weighted by atomic mass is 35.5. The molecule has 0 radical (unpaired) electrons. The van der Waals surface area contributed by atoms with Crippen LogP contribution in [0.15, 0.2) is 48.5 Å². The molecule has 2 unspecified atom stereocenters. The molecule has 2 nitrogen and oxygen atoms in total. The Hall–Kier alpha value is -1.06. The van der Waals surface area contributed by atoms with Gasteiger partial charge in [0.25, 0.3) is 0 Å². The van der Waals surface area contributed by atoms with Gasteiger partial charge in [0, 0.05) is 28.2 Å². The highest BCUT2D eigenvalue weighted by molar-refractivity contribution is 6.30. The third kappa shape index (κ3) is 4.61. The monoisotopic (exact) mass is 390 g/mol. The summed E-state index contributed by atoms with van der Waals surface area (Å²) in [4.78, 5) is 2.53. The molecule has 140 valence electrons.